The second kappa shape index (κ2) is 5.40. The number of anilines is 1. The largest absolute Gasteiger partial charge is 0.480 e. The Hall–Kier alpha value is -1.89. The van der Waals surface area contributed by atoms with Crippen LogP contribution in [0.5, 0.6) is 5.75 Å². The van der Waals surface area contributed by atoms with Gasteiger partial charge in [-0.05, 0) is 20.8 Å². The standard InChI is InChI=1S/C12H16N4O2S/c1-7-11(9(3)16(4)15-7)18-5-10(17)14-12-8(2)13-6-19-12/h6H,5H2,1-4H3,(H,14,17). The van der Waals surface area contributed by atoms with Gasteiger partial charge in [-0.3, -0.25) is 9.48 Å². The molecule has 1 N–H and O–H groups in total. The van der Waals surface area contributed by atoms with Crippen molar-refractivity contribution in [2.45, 2.75) is 20.8 Å². The fourth-order valence-electron chi connectivity index (χ4n) is 1.69. The number of hydrogen-bond donors (Lipinski definition) is 1. The molecule has 0 radical (unpaired) electrons. The van der Waals surface area contributed by atoms with Crippen molar-refractivity contribution < 1.29 is 9.53 Å². The van der Waals surface area contributed by atoms with Crippen molar-refractivity contribution in [3.8, 4) is 5.75 Å². The molecule has 19 heavy (non-hydrogen) atoms. The number of ether oxygens (including phenoxy) is 1. The molecule has 102 valence electrons. The zero-order valence-corrected chi connectivity index (χ0v) is 12.2. The number of nitrogens with one attached hydrogen (secondary N) is 1. The third-order valence-corrected chi connectivity index (χ3v) is 3.63. The minimum atomic E-state index is -0.199. The minimum Gasteiger partial charge on any atom is -0.480 e. The Balaban J connectivity index is 1.95. The van der Waals surface area contributed by atoms with Gasteiger partial charge < -0.3 is 10.1 Å². The molecule has 6 nitrogen and oxygen atoms in total. The molecular formula is C12H16N4O2S. The summed E-state index contributed by atoms with van der Waals surface area (Å²) in [5.74, 6) is 0.466. The summed E-state index contributed by atoms with van der Waals surface area (Å²) >= 11 is 1.39. The van der Waals surface area contributed by atoms with Gasteiger partial charge in [0.05, 0.1) is 16.9 Å². The van der Waals surface area contributed by atoms with Crippen LogP contribution in [0.3, 0.4) is 0 Å². The molecule has 1 amide bonds. The van der Waals surface area contributed by atoms with E-state index in [-0.39, 0.29) is 12.5 Å². The van der Waals surface area contributed by atoms with Crippen molar-refractivity contribution >= 4 is 22.2 Å². The van der Waals surface area contributed by atoms with Crippen molar-refractivity contribution in [3.63, 3.8) is 0 Å². The average Bonchev–Trinajstić information content (AvgIpc) is 2.84. The molecule has 0 saturated carbocycles. The molecule has 0 spiro atoms. The summed E-state index contributed by atoms with van der Waals surface area (Å²) in [6.45, 7) is 5.57. The number of amides is 1. The molecule has 0 saturated heterocycles. The summed E-state index contributed by atoms with van der Waals surface area (Å²) in [4.78, 5) is 15.9. The van der Waals surface area contributed by atoms with E-state index >= 15 is 0 Å². The Kier molecular flexibility index (Phi) is 3.84. The molecule has 0 bridgehead atoms. The predicted octanol–water partition coefficient (Wildman–Crippen LogP) is 1.82. The van der Waals surface area contributed by atoms with Crippen LogP contribution in [0.1, 0.15) is 17.1 Å². The highest BCUT2D eigenvalue weighted by Gasteiger charge is 2.13. The van der Waals surface area contributed by atoms with Crippen molar-refractivity contribution in [1.29, 1.82) is 0 Å². The maximum atomic E-state index is 11.8. The second-order valence-corrected chi connectivity index (χ2v) is 5.08. The van der Waals surface area contributed by atoms with Crippen LogP contribution in [0.15, 0.2) is 5.51 Å². The van der Waals surface area contributed by atoms with Gasteiger partial charge in [-0.1, -0.05) is 0 Å². The maximum Gasteiger partial charge on any atom is 0.262 e. The van der Waals surface area contributed by atoms with Gasteiger partial charge >= 0.3 is 0 Å². The fraction of sp³-hybridized carbons (Fsp3) is 0.417. The average molecular weight is 280 g/mol. The molecule has 0 aromatic carbocycles. The molecule has 0 aliphatic rings. The maximum absolute atomic E-state index is 11.8. The lowest BCUT2D eigenvalue weighted by Gasteiger charge is -2.06. The number of thiazole rings is 1. The Bertz CT molecular complexity index is 603. The molecule has 2 heterocycles. The van der Waals surface area contributed by atoms with Gasteiger partial charge in [0.15, 0.2) is 12.4 Å². The molecule has 0 atom stereocenters. The Morgan fingerprint density at radius 3 is 2.68 bits per heavy atom. The molecule has 7 heteroatoms. The smallest absolute Gasteiger partial charge is 0.262 e. The number of hydrogen-bond acceptors (Lipinski definition) is 5. The van der Waals surface area contributed by atoms with Crippen LogP contribution in [0.4, 0.5) is 5.00 Å². The van der Waals surface area contributed by atoms with Crippen LogP contribution in [0, 0.1) is 20.8 Å². The number of carbonyl (C=O) groups excluding carboxylic acids is 1. The van der Waals surface area contributed by atoms with Crippen LogP contribution >= 0.6 is 11.3 Å². The van der Waals surface area contributed by atoms with Crippen LogP contribution in [-0.4, -0.2) is 27.3 Å². The van der Waals surface area contributed by atoms with Gasteiger partial charge in [-0.25, -0.2) is 4.98 Å². The zero-order valence-electron chi connectivity index (χ0n) is 11.4. The SMILES string of the molecule is Cc1ncsc1NC(=O)COc1c(C)nn(C)c1C. The lowest BCUT2D eigenvalue weighted by Crippen LogP contribution is -2.20. The Labute approximate surface area is 115 Å². The summed E-state index contributed by atoms with van der Waals surface area (Å²) in [7, 11) is 1.84. The van der Waals surface area contributed by atoms with Gasteiger partial charge in [-0.2, -0.15) is 5.10 Å². The van der Waals surface area contributed by atoms with E-state index in [0.717, 1.165) is 22.1 Å². The quantitative estimate of drug-likeness (QED) is 0.927. The van der Waals surface area contributed by atoms with Gasteiger partial charge in [0.1, 0.15) is 10.7 Å². The van der Waals surface area contributed by atoms with E-state index in [2.05, 4.69) is 15.4 Å². The first-order chi connectivity index (χ1) is 8.99. The number of nitrogens with zero attached hydrogens (tertiary/aromatic N) is 3. The number of aromatic nitrogens is 3. The van der Waals surface area contributed by atoms with E-state index in [1.54, 1.807) is 10.2 Å². The summed E-state index contributed by atoms with van der Waals surface area (Å²) in [5, 5.41) is 7.76. The van der Waals surface area contributed by atoms with Crippen LogP contribution < -0.4 is 10.1 Å². The van der Waals surface area contributed by atoms with Crippen LogP contribution in [-0.2, 0) is 11.8 Å². The first kappa shape index (κ1) is 13.5. The molecule has 2 rings (SSSR count). The lowest BCUT2D eigenvalue weighted by molar-refractivity contribution is -0.118. The summed E-state index contributed by atoms with van der Waals surface area (Å²) in [6, 6.07) is 0. The molecule has 0 aliphatic heterocycles. The van der Waals surface area contributed by atoms with Gasteiger partial charge in [-0.15, -0.1) is 11.3 Å². The van der Waals surface area contributed by atoms with Crippen molar-refractivity contribution in [2.75, 3.05) is 11.9 Å². The van der Waals surface area contributed by atoms with E-state index in [9.17, 15) is 4.79 Å². The van der Waals surface area contributed by atoms with E-state index in [4.69, 9.17) is 4.74 Å². The highest BCUT2D eigenvalue weighted by molar-refractivity contribution is 7.14. The number of aryl methyl sites for hydroxylation is 3. The normalized spacial score (nSPS) is 10.5. The van der Waals surface area contributed by atoms with E-state index in [1.165, 1.54) is 11.3 Å². The second-order valence-electron chi connectivity index (χ2n) is 4.23. The fourth-order valence-corrected chi connectivity index (χ4v) is 2.40. The lowest BCUT2D eigenvalue weighted by atomic mass is 10.3. The van der Waals surface area contributed by atoms with Crippen LogP contribution in [0.25, 0.3) is 0 Å². The third kappa shape index (κ3) is 2.93. The Morgan fingerprint density at radius 2 is 2.16 bits per heavy atom. The van der Waals surface area contributed by atoms with Crippen LogP contribution in [0.2, 0.25) is 0 Å². The first-order valence-electron chi connectivity index (χ1n) is 5.82. The molecule has 0 aliphatic carbocycles. The van der Waals surface area contributed by atoms with Crippen molar-refractivity contribution in [3.05, 3.63) is 22.6 Å². The zero-order chi connectivity index (χ0) is 14.0. The van der Waals surface area contributed by atoms with Gasteiger partial charge in [0.2, 0.25) is 0 Å². The molecule has 0 unspecified atom stereocenters. The summed E-state index contributed by atoms with van der Waals surface area (Å²) in [5.41, 5.74) is 4.19. The highest BCUT2D eigenvalue weighted by atomic mass is 32.1. The minimum absolute atomic E-state index is 0.0370. The topological polar surface area (TPSA) is 69.0 Å². The molecular weight excluding hydrogens is 264 g/mol. The molecule has 0 fully saturated rings. The monoisotopic (exact) mass is 280 g/mol. The number of rotatable bonds is 4. The Morgan fingerprint density at radius 1 is 1.42 bits per heavy atom. The van der Waals surface area contributed by atoms with E-state index < -0.39 is 0 Å². The van der Waals surface area contributed by atoms with Gasteiger partial charge in [0, 0.05) is 7.05 Å². The predicted molar refractivity (Wildman–Crippen MR) is 73.7 cm³/mol. The van der Waals surface area contributed by atoms with E-state index in [0.29, 0.717) is 5.75 Å². The highest BCUT2D eigenvalue weighted by Crippen LogP contribution is 2.22. The first-order valence-corrected chi connectivity index (χ1v) is 6.70. The molecule has 2 aromatic heterocycles. The third-order valence-electron chi connectivity index (χ3n) is 2.79. The summed E-state index contributed by atoms with van der Waals surface area (Å²) < 4.78 is 7.26. The van der Waals surface area contributed by atoms with E-state index in [1.807, 2.05) is 27.8 Å². The summed E-state index contributed by atoms with van der Waals surface area (Å²) in [6.07, 6.45) is 0. The van der Waals surface area contributed by atoms with Crippen molar-refractivity contribution in [2.24, 2.45) is 7.05 Å². The van der Waals surface area contributed by atoms with Gasteiger partial charge in [0.25, 0.3) is 5.91 Å². The molecule has 2 aromatic rings. The van der Waals surface area contributed by atoms with Crippen molar-refractivity contribution in [1.82, 2.24) is 14.8 Å². The number of carbonyl (C=O) groups is 1.